The summed E-state index contributed by atoms with van der Waals surface area (Å²) in [5, 5.41) is 10.4. The molecule has 1 saturated carbocycles. The van der Waals surface area contributed by atoms with Crippen molar-refractivity contribution in [1.29, 1.82) is 0 Å². The Hall–Kier alpha value is -1.20. The van der Waals surface area contributed by atoms with Crippen LogP contribution in [0, 0.1) is 0 Å². The quantitative estimate of drug-likeness (QED) is 0.850. The molecule has 1 aliphatic heterocycles. The lowest BCUT2D eigenvalue weighted by Crippen LogP contribution is -2.43. The van der Waals surface area contributed by atoms with Crippen LogP contribution in [0.15, 0.2) is 22.7 Å². The number of halogens is 1. The van der Waals surface area contributed by atoms with Crippen molar-refractivity contribution in [3.63, 3.8) is 0 Å². The van der Waals surface area contributed by atoms with Gasteiger partial charge in [-0.15, -0.1) is 0 Å². The summed E-state index contributed by atoms with van der Waals surface area (Å²) in [6, 6.07) is 5.06. The first-order chi connectivity index (χ1) is 9.00. The number of aliphatic hydroxyl groups is 1. The minimum Gasteiger partial charge on any atom is -0.388 e. The number of benzene rings is 1. The zero-order chi connectivity index (χ0) is 13.6. The Labute approximate surface area is 119 Å². The van der Waals surface area contributed by atoms with Crippen molar-refractivity contribution in [2.24, 2.45) is 0 Å². The van der Waals surface area contributed by atoms with Crippen LogP contribution >= 0.6 is 15.9 Å². The second kappa shape index (κ2) is 4.42. The third-order valence-electron chi connectivity index (χ3n) is 3.92. The van der Waals surface area contributed by atoms with Gasteiger partial charge in [-0.3, -0.25) is 14.5 Å². The molecule has 0 bridgehead atoms. The highest BCUT2D eigenvalue weighted by Crippen LogP contribution is 2.33. The van der Waals surface area contributed by atoms with Crippen LogP contribution in [0.4, 0.5) is 0 Å². The lowest BCUT2D eigenvalue weighted by molar-refractivity contribution is 0.0124. The van der Waals surface area contributed by atoms with Gasteiger partial charge in [-0.25, -0.2) is 0 Å². The molecule has 2 amide bonds. The van der Waals surface area contributed by atoms with Gasteiger partial charge in [0.2, 0.25) is 0 Å². The molecule has 0 atom stereocenters. The Kier molecular flexibility index (Phi) is 2.98. The molecule has 0 aromatic heterocycles. The largest absolute Gasteiger partial charge is 0.388 e. The van der Waals surface area contributed by atoms with E-state index in [9.17, 15) is 14.7 Å². The molecule has 4 nitrogen and oxygen atoms in total. The number of imide groups is 1. The Morgan fingerprint density at radius 1 is 1.16 bits per heavy atom. The van der Waals surface area contributed by atoms with Crippen molar-refractivity contribution >= 4 is 27.7 Å². The molecular formula is C14H14BrNO3. The summed E-state index contributed by atoms with van der Waals surface area (Å²) in [4.78, 5) is 25.7. The van der Waals surface area contributed by atoms with E-state index in [2.05, 4.69) is 15.9 Å². The molecule has 0 unspecified atom stereocenters. The fourth-order valence-electron chi connectivity index (χ4n) is 2.89. The standard InChI is InChI=1S/C14H14BrNO3/c15-9-3-4-10-11(7-9)13(18)16(12(10)17)8-14(19)5-1-2-6-14/h3-4,7,19H,1-2,5-6,8H2. The third-order valence-corrected chi connectivity index (χ3v) is 4.41. The van der Waals surface area contributed by atoms with Crippen LogP contribution < -0.4 is 0 Å². The molecule has 1 N–H and O–H groups in total. The topological polar surface area (TPSA) is 57.6 Å². The van der Waals surface area contributed by atoms with Crippen molar-refractivity contribution < 1.29 is 14.7 Å². The molecule has 2 aliphatic rings. The third kappa shape index (κ3) is 2.11. The Balaban J connectivity index is 1.90. The number of rotatable bonds is 2. The van der Waals surface area contributed by atoms with Gasteiger partial charge in [-0.1, -0.05) is 28.8 Å². The SMILES string of the molecule is O=C1c2ccc(Br)cc2C(=O)N1CC1(O)CCCC1. The van der Waals surface area contributed by atoms with Gasteiger partial charge in [-0.05, 0) is 31.0 Å². The van der Waals surface area contributed by atoms with E-state index in [-0.39, 0.29) is 18.4 Å². The highest BCUT2D eigenvalue weighted by atomic mass is 79.9. The first-order valence-corrected chi connectivity index (χ1v) is 7.18. The number of fused-ring (bicyclic) bond motifs is 1. The zero-order valence-electron chi connectivity index (χ0n) is 10.4. The number of β-amino-alcohol motifs (C(OH)–C–C–N with tert-alkyl or cyclic N) is 1. The fraction of sp³-hybridized carbons (Fsp3) is 0.429. The molecule has 1 aromatic carbocycles. The van der Waals surface area contributed by atoms with Gasteiger partial charge in [-0.2, -0.15) is 0 Å². The van der Waals surface area contributed by atoms with Gasteiger partial charge in [0.1, 0.15) is 0 Å². The minimum absolute atomic E-state index is 0.108. The monoisotopic (exact) mass is 323 g/mol. The number of amides is 2. The second-order valence-electron chi connectivity index (χ2n) is 5.32. The average Bonchev–Trinajstić information content (AvgIpc) is 2.89. The van der Waals surface area contributed by atoms with E-state index in [1.807, 2.05) is 0 Å². The maximum atomic E-state index is 12.3. The molecule has 1 fully saturated rings. The maximum Gasteiger partial charge on any atom is 0.261 e. The van der Waals surface area contributed by atoms with Crippen molar-refractivity contribution in [3.8, 4) is 0 Å². The highest BCUT2D eigenvalue weighted by Gasteiger charge is 2.42. The smallest absolute Gasteiger partial charge is 0.261 e. The summed E-state index contributed by atoms with van der Waals surface area (Å²) in [6.07, 6.45) is 3.21. The first-order valence-electron chi connectivity index (χ1n) is 6.38. The molecule has 100 valence electrons. The molecule has 19 heavy (non-hydrogen) atoms. The average molecular weight is 324 g/mol. The summed E-state index contributed by atoms with van der Waals surface area (Å²) >= 11 is 3.30. The fourth-order valence-corrected chi connectivity index (χ4v) is 3.25. The molecule has 1 heterocycles. The van der Waals surface area contributed by atoms with Gasteiger partial charge >= 0.3 is 0 Å². The van der Waals surface area contributed by atoms with Crippen LogP contribution in [0.5, 0.6) is 0 Å². The van der Waals surface area contributed by atoms with Gasteiger partial charge in [0.15, 0.2) is 0 Å². The van der Waals surface area contributed by atoms with E-state index in [4.69, 9.17) is 0 Å². The second-order valence-corrected chi connectivity index (χ2v) is 6.23. The van der Waals surface area contributed by atoms with E-state index >= 15 is 0 Å². The highest BCUT2D eigenvalue weighted by molar-refractivity contribution is 9.10. The number of nitrogens with zero attached hydrogens (tertiary/aromatic N) is 1. The number of carbonyl (C=O) groups excluding carboxylic acids is 2. The lowest BCUT2D eigenvalue weighted by Gasteiger charge is -2.27. The van der Waals surface area contributed by atoms with E-state index in [0.29, 0.717) is 24.0 Å². The molecule has 0 radical (unpaired) electrons. The van der Waals surface area contributed by atoms with Gasteiger partial charge in [0.25, 0.3) is 11.8 Å². The van der Waals surface area contributed by atoms with Crippen LogP contribution in [0.3, 0.4) is 0 Å². The number of hydrogen-bond donors (Lipinski definition) is 1. The van der Waals surface area contributed by atoms with Gasteiger partial charge in [0, 0.05) is 4.47 Å². The van der Waals surface area contributed by atoms with Crippen LogP contribution in [-0.4, -0.2) is 34.0 Å². The van der Waals surface area contributed by atoms with Gasteiger partial charge in [0.05, 0.1) is 23.3 Å². The van der Waals surface area contributed by atoms with Crippen molar-refractivity contribution in [2.45, 2.75) is 31.3 Å². The molecule has 5 heteroatoms. The molecule has 3 rings (SSSR count). The number of carbonyl (C=O) groups is 2. The van der Waals surface area contributed by atoms with Crippen LogP contribution in [0.1, 0.15) is 46.4 Å². The molecule has 1 aliphatic carbocycles. The van der Waals surface area contributed by atoms with Crippen molar-refractivity contribution in [1.82, 2.24) is 4.90 Å². The van der Waals surface area contributed by atoms with Crippen LogP contribution in [-0.2, 0) is 0 Å². The predicted molar refractivity (Wildman–Crippen MR) is 72.9 cm³/mol. The van der Waals surface area contributed by atoms with Crippen LogP contribution in [0.2, 0.25) is 0 Å². The summed E-state index contributed by atoms with van der Waals surface area (Å²) < 4.78 is 0.772. The van der Waals surface area contributed by atoms with E-state index in [1.54, 1.807) is 18.2 Å². The summed E-state index contributed by atoms with van der Waals surface area (Å²) in [5.41, 5.74) is -0.0549. The lowest BCUT2D eigenvalue weighted by atomic mass is 10.0. The van der Waals surface area contributed by atoms with Crippen LogP contribution in [0.25, 0.3) is 0 Å². The first kappa shape index (κ1) is 12.8. The minimum atomic E-state index is -0.898. The van der Waals surface area contributed by atoms with E-state index < -0.39 is 5.60 Å². The Bertz CT molecular complexity index is 564. The normalized spacial score (nSPS) is 21.1. The summed E-state index contributed by atoms with van der Waals surface area (Å²) in [7, 11) is 0. The Morgan fingerprint density at radius 2 is 1.79 bits per heavy atom. The molecule has 0 saturated heterocycles. The molecule has 0 spiro atoms. The molecule has 1 aromatic rings. The van der Waals surface area contributed by atoms with Gasteiger partial charge < -0.3 is 5.11 Å². The maximum absolute atomic E-state index is 12.3. The Morgan fingerprint density at radius 3 is 2.47 bits per heavy atom. The molecular weight excluding hydrogens is 310 g/mol. The summed E-state index contributed by atoms with van der Waals surface area (Å²) in [6.45, 7) is 0.108. The van der Waals surface area contributed by atoms with E-state index in [1.165, 1.54) is 4.90 Å². The van der Waals surface area contributed by atoms with Crippen molar-refractivity contribution in [2.75, 3.05) is 6.54 Å². The summed E-state index contributed by atoms with van der Waals surface area (Å²) in [5.74, 6) is -0.602. The van der Waals surface area contributed by atoms with E-state index in [0.717, 1.165) is 17.3 Å². The predicted octanol–water partition coefficient (Wildman–Crippen LogP) is 2.35. The number of hydrogen-bond acceptors (Lipinski definition) is 3. The zero-order valence-corrected chi connectivity index (χ0v) is 11.9. The van der Waals surface area contributed by atoms with Crippen molar-refractivity contribution in [3.05, 3.63) is 33.8 Å².